The standard InChI is InChI=1S/C17H27N3O3S/c1-3-11-20(24(22,23)19-12-7-4-8-13-19)14-17(21)18-16-10-6-5-9-15(16)2/h5-6,9-10H,3-4,7-8,11-14H2,1-2H3,(H,18,21). The first kappa shape index (κ1) is 18.9. The Labute approximate surface area is 145 Å². The van der Waals surface area contributed by atoms with E-state index in [4.69, 9.17) is 0 Å². The number of aryl methyl sites for hydroxylation is 1. The summed E-state index contributed by atoms with van der Waals surface area (Å²) in [6.07, 6.45) is 3.50. The Bertz CT molecular complexity index is 655. The SMILES string of the molecule is CCCN(CC(=O)Nc1ccccc1C)S(=O)(=O)N1CCCCC1. The normalized spacial score (nSPS) is 16.3. The van der Waals surface area contributed by atoms with Gasteiger partial charge in [0.2, 0.25) is 5.91 Å². The van der Waals surface area contributed by atoms with Crippen molar-refractivity contribution in [2.45, 2.75) is 39.5 Å². The van der Waals surface area contributed by atoms with Crippen LogP contribution in [0.1, 0.15) is 38.2 Å². The molecule has 7 heteroatoms. The molecular weight excluding hydrogens is 326 g/mol. The van der Waals surface area contributed by atoms with Crippen molar-refractivity contribution >= 4 is 21.8 Å². The molecule has 1 aromatic rings. The van der Waals surface area contributed by atoms with Gasteiger partial charge in [-0.3, -0.25) is 4.79 Å². The molecule has 1 aliphatic rings. The van der Waals surface area contributed by atoms with Crippen LogP contribution in [0.3, 0.4) is 0 Å². The Morgan fingerprint density at radius 3 is 2.50 bits per heavy atom. The van der Waals surface area contributed by atoms with Crippen LogP contribution in [0.4, 0.5) is 5.69 Å². The minimum absolute atomic E-state index is 0.152. The highest BCUT2D eigenvalue weighted by atomic mass is 32.2. The third-order valence-corrected chi connectivity index (χ3v) is 6.16. The molecule has 0 atom stereocenters. The molecule has 0 aromatic heterocycles. The molecule has 0 spiro atoms. The molecule has 1 N–H and O–H groups in total. The lowest BCUT2D eigenvalue weighted by Gasteiger charge is -2.31. The summed E-state index contributed by atoms with van der Waals surface area (Å²) in [7, 11) is -3.58. The average molecular weight is 353 g/mol. The summed E-state index contributed by atoms with van der Waals surface area (Å²) in [6, 6.07) is 7.46. The molecule has 1 heterocycles. The number of carbonyl (C=O) groups is 1. The van der Waals surface area contributed by atoms with Crippen LogP contribution in [0.25, 0.3) is 0 Å². The number of hydrogen-bond acceptors (Lipinski definition) is 3. The second kappa shape index (κ2) is 8.60. The molecule has 0 unspecified atom stereocenters. The lowest BCUT2D eigenvalue weighted by molar-refractivity contribution is -0.116. The predicted octanol–water partition coefficient (Wildman–Crippen LogP) is 2.38. The van der Waals surface area contributed by atoms with E-state index in [1.807, 2.05) is 38.1 Å². The average Bonchev–Trinajstić information content (AvgIpc) is 2.57. The Balaban J connectivity index is 2.07. The second-order valence-corrected chi connectivity index (χ2v) is 8.09. The van der Waals surface area contributed by atoms with Crippen LogP contribution in [0.5, 0.6) is 0 Å². The molecule has 1 aliphatic heterocycles. The summed E-state index contributed by atoms with van der Waals surface area (Å²) in [5.41, 5.74) is 1.67. The van der Waals surface area contributed by atoms with E-state index in [2.05, 4.69) is 5.32 Å². The number of para-hydroxylation sites is 1. The molecule has 0 radical (unpaired) electrons. The number of anilines is 1. The zero-order valence-electron chi connectivity index (χ0n) is 14.5. The molecule has 1 amide bonds. The fraction of sp³-hybridized carbons (Fsp3) is 0.588. The maximum atomic E-state index is 12.8. The molecule has 6 nitrogen and oxygen atoms in total. The fourth-order valence-corrected chi connectivity index (χ4v) is 4.59. The fourth-order valence-electron chi connectivity index (χ4n) is 2.85. The van der Waals surface area contributed by atoms with E-state index in [0.717, 1.165) is 24.8 Å². The molecule has 0 aliphatic carbocycles. The molecule has 24 heavy (non-hydrogen) atoms. The van der Waals surface area contributed by atoms with Crippen LogP contribution in [0.15, 0.2) is 24.3 Å². The first-order valence-electron chi connectivity index (χ1n) is 8.56. The molecule has 2 rings (SSSR count). The van der Waals surface area contributed by atoms with Gasteiger partial charge in [-0.1, -0.05) is 31.5 Å². The lowest BCUT2D eigenvalue weighted by Crippen LogP contribution is -2.48. The van der Waals surface area contributed by atoms with Crippen LogP contribution >= 0.6 is 0 Å². The first-order chi connectivity index (χ1) is 11.4. The van der Waals surface area contributed by atoms with Gasteiger partial charge >= 0.3 is 0 Å². The van der Waals surface area contributed by atoms with Gasteiger partial charge in [0.15, 0.2) is 0 Å². The Morgan fingerprint density at radius 2 is 1.88 bits per heavy atom. The molecular formula is C17H27N3O3S. The van der Waals surface area contributed by atoms with Crippen LogP contribution < -0.4 is 5.32 Å². The van der Waals surface area contributed by atoms with Gasteiger partial charge in [0, 0.05) is 25.3 Å². The Hall–Kier alpha value is -1.44. The molecule has 0 bridgehead atoms. The molecule has 1 saturated heterocycles. The minimum Gasteiger partial charge on any atom is -0.325 e. The Morgan fingerprint density at radius 1 is 1.21 bits per heavy atom. The van der Waals surface area contributed by atoms with Gasteiger partial charge in [-0.05, 0) is 37.8 Å². The first-order valence-corrected chi connectivity index (χ1v) is 9.95. The van der Waals surface area contributed by atoms with Crippen LogP contribution in [0.2, 0.25) is 0 Å². The number of nitrogens with one attached hydrogen (secondary N) is 1. The number of amides is 1. The number of carbonyl (C=O) groups excluding carboxylic acids is 1. The van der Waals surface area contributed by atoms with Crippen molar-refractivity contribution < 1.29 is 13.2 Å². The predicted molar refractivity (Wildman–Crippen MR) is 96.0 cm³/mol. The maximum Gasteiger partial charge on any atom is 0.282 e. The van der Waals surface area contributed by atoms with Crippen LogP contribution in [-0.4, -0.2) is 49.1 Å². The minimum atomic E-state index is -3.58. The van der Waals surface area contributed by atoms with E-state index in [9.17, 15) is 13.2 Å². The summed E-state index contributed by atoms with van der Waals surface area (Å²) >= 11 is 0. The number of piperidine rings is 1. The largest absolute Gasteiger partial charge is 0.325 e. The highest BCUT2D eigenvalue weighted by molar-refractivity contribution is 7.86. The molecule has 134 valence electrons. The topological polar surface area (TPSA) is 69.7 Å². The van der Waals surface area contributed by atoms with E-state index < -0.39 is 10.2 Å². The summed E-state index contributed by atoms with van der Waals surface area (Å²) in [5.74, 6) is -0.307. The third-order valence-electron chi connectivity index (χ3n) is 4.18. The van der Waals surface area contributed by atoms with Crippen molar-refractivity contribution in [3.05, 3.63) is 29.8 Å². The van der Waals surface area contributed by atoms with E-state index in [1.54, 1.807) is 0 Å². The monoisotopic (exact) mass is 353 g/mol. The molecule has 1 fully saturated rings. The van der Waals surface area contributed by atoms with Gasteiger partial charge in [-0.2, -0.15) is 17.0 Å². The number of hydrogen-bond donors (Lipinski definition) is 1. The number of benzene rings is 1. The number of rotatable bonds is 7. The summed E-state index contributed by atoms with van der Waals surface area (Å²) in [6.45, 7) is 5.10. The molecule has 0 saturated carbocycles. The van der Waals surface area contributed by atoms with Gasteiger partial charge in [-0.25, -0.2) is 0 Å². The zero-order valence-corrected chi connectivity index (χ0v) is 15.3. The van der Waals surface area contributed by atoms with Crippen molar-refractivity contribution in [3.8, 4) is 0 Å². The summed E-state index contributed by atoms with van der Waals surface area (Å²) in [4.78, 5) is 12.3. The van der Waals surface area contributed by atoms with Crippen LogP contribution in [-0.2, 0) is 15.0 Å². The van der Waals surface area contributed by atoms with Crippen molar-refractivity contribution in [3.63, 3.8) is 0 Å². The smallest absolute Gasteiger partial charge is 0.282 e. The van der Waals surface area contributed by atoms with Crippen molar-refractivity contribution in [2.75, 3.05) is 31.5 Å². The summed E-state index contributed by atoms with van der Waals surface area (Å²) < 4.78 is 28.4. The quantitative estimate of drug-likeness (QED) is 0.818. The van der Waals surface area contributed by atoms with E-state index in [-0.39, 0.29) is 12.5 Å². The van der Waals surface area contributed by atoms with Gasteiger partial charge in [0.25, 0.3) is 10.2 Å². The van der Waals surface area contributed by atoms with Crippen molar-refractivity contribution in [2.24, 2.45) is 0 Å². The van der Waals surface area contributed by atoms with Crippen LogP contribution in [0, 0.1) is 6.92 Å². The van der Waals surface area contributed by atoms with Gasteiger partial charge in [0.05, 0.1) is 6.54 Å². The Kier molecular flexibility index (Phi) is 6.77. The van der Waals surface area contributed by atoms with E-state index >= 15 is 0 Å². The number of nitrogens with zero attached hydrogens (tertiary/aromatic N) is 2. The maximum absolute atomic E-state index is 12.8. The molecule has 1 aromatic carbocycles. The lowest BCUT2D eigenvalue weighted by atomic mass is 10.2. The second-order valence-electron chi connectivity index (χ2n) is 6.16. The third kappa shape index (κ3) is 4.78. The highest BCUT2D eigenvalue weighted by Crippen LogP contribution is 2.18. The van der Waals surface area contributed by atoms with Crippen molar-refractivity contribution in [1.82, 2.24) is 8.61 Å². The zero-order chi connectivity index (χ0) is 17.6. The van der Waals surface area contributed by atoms with E-state index in [0.29, 0.717) is 31.7 Å². The summed E-state index contributed by atoms with van der Waals surface area (Å²) in [5, 5.41) is 2.81. The van der Waals surface area contributed by atoms with Gasteiger partial charge in [-0.15, -0.1) is 0 Å². The van der Waals surface area contributed by atoms with E-state index in [1.165, 1.54) is 8.61 Å². The highest BCUT2D eigenvalue weighted by Gasteiger charge is 2.31. The van der Waals surface area contributed by atoms with Crippen molar-refractivity contribution in [1.29, 1.82) is 0 Å². The van der Waals surface area contributed by atoms with Gasteiger partial charge in [0.1, 0.15) is 0 Å². The van der Waals surface area contributed by atoms with Gasteiger partial charge < -0.3 is 5.32 Å².